The lowest BCUT2D eigenvalue weighted by atomic mass is 10.2. The van der Waals surface area contributed by atoms with Crippen LogP contribution in [0.4, 0.5) is 9.18 Å². The van der Waals surface area contributed by atoms with Crippen LogP contribution in [0.1, 0.15) is 19.4 Å². The largest absolute Gasteiger partial charge is 0.494 e. The Kier molecular flexibility index (Phi) is 5.42. The molecule has 0 heterocycles. The molecule has 0 aliphatic carbocycles. The van der Waals surface area contributed by atoms with Crippen molar-refractivity contribution in [3.8, 4) is 5.75 Å². The minimum atomic E-state index is -0.435. The van der Waals surface area contributed by atoms with Crippen LogP contribution in [0.25, 0.3) is 0 Å². The van der Waals surface area contributed by atoms with Crippen LogP contribution in [0.2, 0.25) is 0 Å². The quantitative estimate of drug-likeness (QED) is 0.812. The molecule has 18 heavy (non-hydrogen) atoms. The van der Waals surface area contributed by atoms with Crippen molar-refractivity contribution in [2.24, 2.45) is 0 Å². The van der Waals surface area contributed by atoms with Gasteiger partial charge in [-0.2, -0.15) is 0 Å². The second-order valence-corrected chi connectivity index (χ2v) is 3.68. The van der Waals surface area contributed by atoms with Crippen LogP contribution in [-0.4, -0.2) is 31.3 Å². The first-order chi connectivity index (χ1) is 8.62. The molecule has 1 amide bonds. The number of hydrogen-bond acceptors (Lipinski definition) is 3. The van der Waals surface area contributed by atoms with Crippen molar-refractivity contribution in [1.82, 2.24) is 4.90 Å². The predicted octanol–water partition coefficient (Wildman–Crippen LogP) is 2.81. The molecule has 0 radical (unpaired) electrons. The van der Waals surface area contributed by atoms with E-state index in [2.05, 4.69) is 0 Å². The summed E-state index contributed by atoms with van der Waals surface area (Å²) in [4.78, 5) is 13.1. The van der Waals surface area contributed by atoms with E-state index in [1.54, 1.807) is 19.1 Å². The van der Waals surface area contributed by atoms with E-state index in [1.807, 2.05) is 6.92 Å². The number of methoxy groups -OCH3 is 1. The molecule has 0 saturated heterocycles. The van der Waals surface area contributed by atoms with Crippen molar-refractivity contribution in [3.63, 3.8) is 0 Å². The van der Waals surface area contributed by atoms with Crippen LogP contribution in [0.15, 0.2) is 18.2 Å². The van der Waals surface area contributed by atoms with Crippen LogP contribution in [0.5, 0.6) is 5.75 Å². The maximum atomic E-state index is 13.5. The van der Waals surface area contributed by atoms with E-state index in [-0.39, 0.29) is 5.75 Å². The zero-order valence-corrected chi connectivity index (χ0v) is 10.9. The number of hydrogen-bond donors (Lipinski definition) is 0. The summed E-state index contributed by atoms with van der Waals surface area (Å²) in [5.74, 6) is -0.243. The van der Waals surface area contributed by atoms with Crippen LogP contribution < -0.4 is 4.74 Å². The van der Waals surface area contributed by atoms with Crippen molar-refractivity contribution in [1.29, 1.82) is 0 Å². The second kappa shape index (κ2) is 6.83. The van der Waals surface area contributed by atoms with Gasteiger partial charge in [-0.15, -0.1) is 0 Å². The smallest absolute Gasteiger partial charge is 0.410 e. The molecule has 0 aliphatic heterocycles. The van der Waals surface area contributed by atoms with E-state index in [9.17, 15) is 9.18 Å². The number of amides is 1. The van der Waals surface area contributed by atoms with E-state index < -0.39 is 11.9 Å². The molecule has 0 fully saturated rings. The van der Waals surface area contributed by atoms with Gasteiger partial charge in [0.1, 0.15) is 0 Å². The monoisotopic (exact) mass is 255 g/mol. The van der Waals surface area contributed by atoms with Gasteiger partial charge in [0.2, 0.25) is 0 Å². The molecule has 100 valence electrons. The average molecular weight is 255 g/mol. The number of rotatable bonds is 5. The Balaban J connectivity index is 2.76. The highest BCUT2D eigenvalue weighted by Gasteiger charge is 2.13. The molecule has 0 N–H and O–H groups in total. The highest BCUT2D eigenvalue weighted by atomic mass is 19.1. The Labute approximate surface area is 106 Å². The third kappa shape index (κ3) is 3.61. The SMILES string of the molecule is CCOC(=O)N(CC)Cc1ccc(OC)c(F)c1. The van der Waals surface area contributed by atoms with Gasteiger partial charge in [0, 0.05) is 13.1 Å². The lowest BCUT2D eigenvalue weighted by molar-refractivity contribution is 0.106. The third-order valence-electron chi connectivity index (χ3n) is 2.50. The Morgan fingerprint density at radius 1 is 1.39 bits per heavy atom. The Bertz CT molecular complexity index is 409. The molecule has 0 saturated carbocycles. The van der Waals surface area contributed by atoms with Crippen molar-refractivity contribution >= 4 is 6.09 Å². The number of benzene rings is 1. The summed E-state index contributed by atoms with van der Waals surface area (Å²) in [5, 5.41) is 0. The van der Waals surface area contributed by atoms with Gasteiger partial charge in [-0.1, -0.05) is 6.07 Å². The fourth-order valence-electron chi connectivity index (χ4n) is 1.55. The van der Waals surface area contributed by atoms with Gasteiger partial charge >= 0.3 is 6.09 Å². The summed E-state index contributed by atoms with van der Waals surface area (Å²) in [6.07, 6.45) is -0.392. The summed E-state index contributed by atoms with van der Waals surface area (Å²) >= 11 is 0. The van der Waals surface area contributed by atoms with Crippen molar-refractivity contribution in [2.45, 2.75) is 20.4 Å². The van der Waals surface area contributed by atoms with Crippen molar-refractivity contribution in [2.75, 3.05) is 20.3 Å². The molecule has 0 unspecified atom stereocenters. The van der Waals surface area contributed by atoms with E-state index in [4.69, 9.17) is 9.47 Å². The first-order valence-electron chi connectivity index (χ1n) is 5.86. The number of carbonyl (C=O) groups excluding carboxylic acids is 1. The molecular weight excluding hydrogens is 237 g/mol. The van der Waals surface area contributed by atoms with Gasteiger partial charge in [-0.3, -0.25) is 0 Å². The molecule has 0 bridgehead atoms. The van der Waals surface area contributed by atoms with Gasteiger partial charge in [0.05, 0.1) is 13.7 Å². The zero-order valence-electron chi connectivity index (χ0n) is 10.9. The summed E-state index contributed by atoms with van der Waals surface area (Å²) < 4.78 is 23.2. The van der Waals surface area contributed by atoms with Crippen LogP contribution in [0.3, 0.4) is 0 Å². The first-order valence-corrected chi connectivity index (χ1v) is 5.86. The lowest BCUT2D eigenvalue weighted by Crippen LogP contribution is -2.30. The summed E-state index contributed by atoms with van der Waals surface area (Å²) in [7, 11) is 1.41. The molecule has 0 aromatic heterocycles. The summed E-state index contributed by atoms with van der Waals surface area (Å²) in [6, 6.07) is 4.63. The molecule has 0 aliphatic rings. The van der Waals surface area contributed by atoms with Crippen molar-refractivity contribution in [3.05, 3.63) is 29.6 Å². The molecule has 1 rings (SSSR count). The molecule has 1 aromatic rings. The van der Waals surface area contributed by atoms with Crippen molar-refractivity contribution < 1.29 is 18.7 Å². The van der Waals surface area contributed by atoms with Gasteiger partial charge in [0.15, 0.2) is 11.6 Å². The summed E-state index contributed by atoms with van der Waals surface area (Å²) in [5.41, 5.74) is 0.697. The van der Waals surface area contributed by atoms with E-state index in [1.165, 1.54) is 18.1 Å². The molecule has 0 spiro atoms. The number of ether oxygens (including phenoxy) is 2. The lowest BCUT2D eigenvalue weighted by Gasteiger charge is -2.20. The third-order valence-corrected chi connectivity index (χ3v) is 2.50. The highest BCUT2D eigenvalue weighted by molar-refractivity contribution is 5.67. The van der Waals surface area contributed by atoms with Gasteiger partial charge in [-0.05, 0) is 31.5 Å². The molecule has 5 heteroatoms. The molecule has 0 atom stereocenters. The van der Waals surface area contributed by atoms with Gasteiger partial charge in [-0.25, -0.2) is 9.18 Å². The Morgan fingerprint density at radius 2 is 2.11 bits per heavy atom. The second-order valence-electron chi connectivity index (χ2n) is 3.68. The van der Waals surface area contributed by atoms with Gasteiger partial charge < -0.3 is 14.4 Å². The fraction of sp³-hybridized carbons (Fsp3) is 0.462. The number of carbonyl (C=O) groups is 1. The molecule has 1 aromatic carbocycles. The van der Waals surface area contributed by atoms with E-state index >= 15 is 0 Å². The maximum absolute atomic E-state index is 13.5. The standard InChI is InChI=1S/C13H18FNO3/c1-4-15(13(16)18-5-2)9-10-6-7-12(17-3)11(14)8-10/h6-8H,4-5,9H2,1-3H3. The molecule has 4 nitrogen and oxygen atoms in total. The first kappa shape index (κ1) is 14.3. The Morgan fingerprint density at radius 3 is 2.61 bits per heavy atom. The van der Waals surface area contributed by atoms with E-state index in [0.717, 1.165) is 0 Å². The topological polar surface area (TPSA) is 38.8 Å². The zero-order chi connectivity index (χ0) is 13.5. The normalized spacial score (nSPS) is 10.0. The Hall–Kier alpha value is -1.78. The minimum Gasteiger partial charge on any atom is -0.494 e. The summed E-state index contributed by atoms with van der Waals surface area (Å²) in [6.45, 7) is 4.74. The average Bonchev–Trinajstić information content (AvgIpc) is 2.36. The predicted molar refractivity (Wildman–Crippen MR) is 66.1 cm³/mol. The number of nitrogens with zero attached hydrogens (tertiary/aromatic N) is 1. The fourth-order valence-corrected chi connectivity index (χ4v) is 1.55. The maximum Gasteiger partial charge on any atom is 0.410 e. The number of halogens is 1. The molecular formula is C13H18FNO3. The van der Waals surface area contributed by atoms with Crippen LogP contribution in [0, 0.1) is 5.82 Å². The van der Waals surface area contributed by atoms with Gasteiger partial charge in [0.25, 0.3) is 0 Å². The van der Waals surface area contributed by atoms with Crippen LogP contribution in [-0.2, 0) is 11.3 Å². The van der Waals surface area contributed by atoms with E-state index in [0.29, 0.717) is 25.3 Å². The minimum absolute atomic E-state index is 0.193. The van der Waals surface area contributed by atoms with Crippen LogP contribution >= 0.6 is 0 Å². The highest BCUT2D eigenvalue weighted by Crippen LogP contribution is 2.18.